The topological polar surface area (TPSA) is 54.0 Å². The van der Waals surface area contributed by atoms with Crippen LogP contribution in [0.4, 0.5) is 4.39 Å². The standard InChI is InChI=1S/C11H16FN3O/c1-3-9(15-7-11(16)13-2)10-5-4-8(12)6-14-10/h4-6,9,15H,3,7H2,1-2H3,(H,13,16). The van der Waals surface area contributed by atoms with Crippen molar-refractivity contribution in [3.8, 4) is 0 Å². The van der Waals surface area contributed by atoms with Gasteiger partial charge in [0, 0.05) is 13.1 Å². The van der Waals surface area contributed by atoms with Gasteiger partial charge in [-0.1, -0.05) is 6.92 Å². The highest BCUT2D eigenvalue weighted by atomic mass is 19.1. The summed E-state index contributed by atoms with van der Waals surface area (Å²) >= 11 is 0. The van der Waals surface area contributed by atoms with E-state index < -0.39 is 0 Å². The molecule has 1 atom stereocenters. The number of halogens is 1. The summed E-state index contributed by atoms with van der Waals surface area (Å²) in [7, 11) is 1.58. The third-order valence-corrected chi connectivity index (χ3v) is 2.30. The van der Waals surface area contributed by atoms with Gasteiger partial charge in [0.15, 0.2) is 0 Å². The third-order valence-electron chi connectivity index (χ3n) is 2.30. The first-order chi connectivity index (χ1) is 7.67. The summed E-state index contributed by atoms with van der Waals surface area (Å²) in [6, 6.07) is 2.96. The second-order valence-electron chi connectivity index (χ2n) is 3.42. The highest BCUT2D eigenvalue weighted by molar-refractivity contribution is 5.77. The van der Waals surface area contributed by atoms with Crippen molar-refractivity contribution < 1.29 is 9.18 Å². The van der Waals surface area contributed by atoms with Gasteiger partial charge in [0.1, 0.15) is 5.82 Å². The number of carbonyl (C=O) groups is 1. The highest BCUT2D eigenvalue weighted by Crippen LogP contribution is 2.13. The summed E-state index contributed by atoms with van der Waals surface area (Å²) in [4.78, 5) is 15.0. The number of nitrogens with one attached hydrogen (secondary N) is 2. The van der Waals surface area contributed by atoms with Crippen LogP contribution in [0.2, 0.25) is 0 Å². The summed E-state index contributed by atoms with van der Waals surface area (Å²) in [6.07, 6.45) is 1.97. The van der Waals surface area contributed by atoms with Crippen LogP contribution in [-0.4, -0.2) is 24.5 Å². The van der Waals surface area contributed by atoms with Gasteiger partial charge in [0.25, 0.3) is 0 Å². The van der Waals surface area contributed by atoms with Crippen molar-refractivity contribution in [1.82, 2.24) is 15.6 Å². The minimum atomic E-state index is -0.357. The molecule has 16 heavy (non-hydrogen) atoms. The lowest BCUT2D eigenvalue weighted by atomic mass is 10.1. The largest absolute Gasteiger partial charge is 0.358 e. The van der Waals surface area contributed by atoms with Crippen molar-refractivity contribution in [2.75, 3.05) is 13.6 Å². The van der Waals surface area contributed by atoms with Gasteiger partial charge in [-0.3, -0.25) is 9.78 Å². The fraction of sp³-hybridized carbons (Fsp3) is 0.455. The number of amides is 1. The van der Waals surface area contributed by atoms with Crippen molar-refractivity contribution in [3.63, 3.8) is 0 Å². The molecule has 0 bridgehead atoms. The monoisotopic (exact) mass is 225 g/mol. The quantitative estimate of drug-likeness (QED) is 0.786. The zero-order chi connectivity index (χ0) is 12.0. The molecule has 0 saturated heterocycles. The Bertz CT molecular complexity index is 340. The van der Waals surface area contributed by atoms with Gasteiger partial charge in [-0.2, -0.15) is 0 Å². The lowest BCUT2D eigenvalue weighted by Gasteiger charge is -2.15. The fourth-order valence-electron chi connectivity index (χ4n) is 1.36. The number of hydrogen-bond acceptors (Lipinski definition) is 3. The highest BCUT2D eigenvalue weighted by Gasteiger charge is 2.11. The predicted molar refractivity (Wildman–Crippen MR) is 59.3 cm³/mol. The van der Waals surface area contributed by atoms with Crippen LogP contribution in [0.25, 0.3) is 0 Å². The van der Waals surface area contributed by atoms with Crippen molar-refractivity contribution >= 4 is 5.91 Å². The second kappa shape index (κ2) is 6.17. The first-order valence-corrected chi connectivity index (χ1v) is 5.22. The number of likely N-dealkylation sites (N-methyl/N-ethyl adjacent to an activating group) is 1. The Balaban J connectivity index is 2.60. The Morgan fingerprint density at radius 1 is 1.56 bits per heavy atom. The molecule has 0 aromatic carbocycles. The molecule has 4 nitrogen and oxygen atoms in total. The summed E-state index contributed by atoms with van der Waals surface area (Å²) in [5.74, 6) is -0.439. The van der Waals surface area contributed by atoms with Crippen LogP contribution in [0, 0.1) is 5.82 Å². The summed E-state index contributed by atoms with van der Waals surface area (Å²) in [5, 5.41) is 5.58. The van der Waals surface area contributed by atoms with Crippen LogP contribution in [0.3, 0.4) is 0 Å². The molecular weight excluding hydrogens is 209 g/mol. The lowest BCUT2D eigenvalue weighted by molar-refractivity contribution is -0.119. The molecule has 0 fully saturated rings. The van der Waals surface area contributed by atoms with E-state index in [1.54, 1.807) is 13.1 Å². The van der Waals surface area contributed by atoms with Gasteiger partial charge in [-0.15, -0.1) is 0 Å². The number of nitrogens with zero attached hydrogens (tertiary/aromatic N) is 1. The minimum absolute atomic E-state index is 0.0297. The lowest BCUT2D eigenvalue weighted by Crippen LogP contribution is -2.33. The Morgan fingerprint density at radius 2 is 2.31 bits per heavy atom. The Labute approximate surface area is 94.3 Å². The van der Waals surface area contributed by atoms with Gasteiger partial charge in [-0.25, -0.2) is 4.39 Å². The van der Waals surface area contributed by atoms with E-state index in [0.29, 0.717) is 0 Å². The minimum Gasteiger partial charge on any atom is -0.358 e. The van der Waals surface area contributed by atoms with Crippen LogP contribution < -0.4 is 10.6 Å². The van der Waals surface area contributed by atoms with E-state index in [0.717, 1.165) is 12.1 Å². The molecule has 1 aromatic rings. The molecule has 1 amide bonds. The summed E-state index contributed by atoms with van der Waals surface area (Å²) in [5.41, 5.74) is 0.743. The number of carbonyl (C=O) groups excluding carboxylic acids is 1. The van der Waals surface area contributed by atoms with Gasteiger partial charge >= 0.3 is 0 Å². The average molecular weight is 225 g/mol. The third kappa shape index (κ3) is 3.58. The molecule has 1 unspecified atom stereocenters. The smallest absolute Gasteiger partial charge is 0.233 e. The number of rotatable bonds is 5. The molecule has 0 saturated carbocycles. The fourth-order valence-corrected chi connectivity index (χ4v) is 1.36. The maximum Gasteiger partial charge on any atom is 0.233 e. The molecule has 1 heterocycles. The molecule has 5 heteroatoms. The van der Waals surface area contributed by atoms with Crippen LogP contribution in [0.1, 0.15) is 25.1 Å². The Hall–Kier alpha value is -1.49. The van der Waals surface area contributed by atoms with Gasteiger partial charge in [-0.05, 0) is 18.6 Å². The molecule has 1 rings (SSSR count). The van der Waals surface area contributed by atoms with E-state index in [1.165, 1.54) is 12.3 Å². The van der Waals surface area contributed by atoms with E-state index in [1.807, 2.05) is 6.92 Å². The second-order valence-corrected chi connectivity index (χ2v) is 3.42. The molecule has 0 radical (unpaired) electrons. The number of pyridine rings is 1. The molecule has 0 spiro atoms. The van der Waals surface area contributed by atoms with E-state index in [9.17, 15) is 9.18 Å². The van der Waals surface area contributed by atoms with Crippen molar-refractivity contribution in [1.29, 1.82) is 0 Å². The zero-order valence-corrected chi connectivity index (χ0v) is 9.46. The first-order valence-electron chi connectivity index (χ1n) is 5.22. The summed E-state index contributed by atoms with van der Waals surface area (Å²) < 4.78 is 12.7. The van der Waals surface area contributed by atoms with E-state index in [2.05, 4.69) is 15.6 Å². The van der Waals surface area contributed by atoms with Crippen molar-refractivity contribution in [3.05, 3.63) is 29.8 Å². The Kier molecular flexibility index (Phi) is 4.85. The van der Waals surface area contributed by atoms with E-state index in [-0.39, 0.29) is 24.3 Å². The first kappa shape index (κ1) is 12.6. The molecule has 0 aliphatic carbocycles. The van der Waals surface area contributed by atoms with Crippen molar-refractivity contribution in [2.45, 2.75) is 19.4 Å². The van der Waals surface area contributed by atoms with Crippen LogP contribution in [0.5, 0.6) is 0 Å². The van der Waals surface area contributed by atoms with E-state index in [4.69, 9.17) is 0 Å². The SMILES string of the molecule is CCC(NCC(=O)NC)c1ccc(F)cn1. The molecule has 0 aliphatic rings. The number of aromatic nitrogens is 1. The van der Waals surface area contributed by atoms with Crippen LogP contribution >= 0.6 is 0 Å². The van der Waals surface area contributed by atoms with Gasteiger partial charge < -0.3 is 10.6 Å². The Morgan fingerprint density at radius 3 is 2.81 bits per heavy atom. The number of hydrogen-bond donors (Lipinski definition) is 2. The van der Waals surface area contributed by atoms with Gasteiger partial charge in [0.05, 0.1) is 18.4 Å². The predicted octanol–water partition coefficient (Wildman–Crippen LogP) is 1.01. The maximum atomic E-state index is 12.7. The average Bonchev–Trinajstić information content (AvgIpc) is 2.31. The van der Waals surface area contributed by atoms with Crippen LogP contribution in [0.15, 0.2) is 18.3 Å². The molecular formula is C11H16FN3O. The molecule has 1 aromatic heterocycles. The van der Waals surface area contributed by atoms with Crippen LogP contribution in [-0.2, 0) is 4.79 Å². The molecule has 2 N–H and O–H groups in total. The normalized spacial score (nSPS) is 12.2. The van der Waals surface area contributed by atoms with E-state index >= 15 is 0 Å². The van der Waals surface area contributed by atoms with Gasteiger partial charge in [0.2, 0.25) is 5.91 Å². The zero-order valence-electron chi connectivity index (χ0n) is 9.46. The molecule has 0 aliphatic heterocycles. The molecule has 88 valence electrons. The maximum absolute atomic E-state index is 12.7. The van der Waals surface area contributed by atoms with Crippen molar-refractivity contribution in [2.24, 2.45) is 0 Å². The summed E-state index contributed by atoms with van der Waals surface area (Å²) in [6.45, 7) is 2.21.